The van der Waals surface area contributed by atoms with Crippen molar-refractivity contribution < 1.29 is 17.6 Å². The fourth-order valence-electron chi connectivity index (χ4n) is 3.50. The second-order valence-electron chi connectivity index (χ2n) is 6.63. The Labute approximate surface area is 149 Å². The van der Waals surface area contributed by atoms with Crippen LogP contribution in [0.2, 0.25) is 0 Å². The molecule has 1 aliphatic carbocycles. The Kier molecular flexibility index (Phi) is 7.38. The summed E-state index contributed by atoms with van der Waals surface area (Å²) >= 11 is 0. The molecule has 1 fully saturated rings. The first-order chi connectivity index (χ1) is 11.9. The summed E-state index contributed by atoms with van der Waals surface area (Å²) in [6.07, 6.45) is 5.98. The molecule has 0 radical (unpaired) electrons. The van der Waals surface area contributed by atoms with Crippen molar-refractivity contribution in [2.24, 2.45) is 5.92 Å². The Morgan fingerprint density at radius 3 is 2.44 bits per heavy atom. The maximum atomic E-state index is 13.2. The molecule has 1 amide bonds. The second kappa shape index (κ2) is 9.29. The Balaban J connectivity index is 2.00. The molecule has 7 heteroatoms. The summed E-state index contributed by atoms with van der Waals surface area (Å²) in [5.74, 6) is -0.133. The number of amides is 1. The molecular weight excluding hydrogens is 343 g/mol. The number of hydrogen-bond donors (Lipinski definition) is 2. The van der Waals surface area contributed by atoms with Crippen LogP contribution < -0.4 is 10.0 Å². The van der Waals surface area contributed by atoms with Gasteiger partial charge in [-0.2, -0.15) is 0 Å². The van der Waals surface area contributed by atoms with Gasteiger partial charge in [0.25, 0.3) is 0 Å². The molecule has 1 aromatic carbocycles. The molecule has 1 aliphatic rings. The Morgan fingerprint density at radius 2 is 1.84 bits per heavy atom. The predicted octanol–water partition coefficient (Wildman–Crippen LogP) is 2.55. The van der Waals surface area contributed by atoms with E-state index in [1.807, 2.05) is 0 Å². The summed E-state index contributed by atoms with van der Waals surface area (Å²) in [6.45, 7) is 0.0861. The lowest BCUT2D eigenvalue weighted by Gasteiger charge is -2.30. The molecule has 1 saturated carbocycles. The first kappa shape index (κ1) is 19.8. The molecule has 0 saturated heterocycles. The van der Waals surface area contributed by atoms with Crippen LogP contribution in [0.4, 0.5) is 4.39 Å². The van der Waals surface area contributed by atoms with E-state index in [1.54, 1.807) is 12.1 Å². The summed E-state index contributed by atoms with van der Waals surface area (Å²) in [5.41, 5.74) is 0.978. The smallest absolute Gasteiger partial charge is 0.220 e. The molecule has 0 heterocycles. The van der Waals surface area contributed by atoms with E-state index >= 15 is 0 Å². The summed E-state index contributed by atoms with van der Waals surface area (Å²) in [5, 5.41) is 2.69. The Hall–Kier alpha value is -1.47. The standard InChI is InChI=1S/C18H27FN2O3S/c1-20-25(23,24)12-11-21-18(22)13-17(14-5-3-2-4-6-14)15-7-9-16(19)10-8-15/h7-10,14,17,20H,2-6,11-13H2,1H3,(H,21,22). The van der Waals surface area contributed by atoms with Crippen molar-refractivity contribution in [1.82, 2.24) is 10.0 Å². The summed E-state index contributed by atoms with van der Waals surface area (Å²) in [7, 11) is -1.98. The summed E-state index contributed by atoms with van der Waals surface area (Å²) in [6, 6.07) is 6.38. The lowest BCUT2D eigenvalue weighted by atomic mass is 9.75. The normalized spacial score (nSPS) is 17.2. The lowest BCUT2D eigenvalue weighted by molar-refractivity contribution is -0.121. The fraction of sp³-hybridized carbons (Fsp3) is 0.611. The van der Waals surface area contributed by atoms with Crippen LogP contribution in [-0.4, -0.2) is 33.7 Å². The lowest BCUT2D eigenvalue weighted by Crippen LogP contribution is -2.34. The van der Waals surface area contributed by atoms with Crippen LogP contribution in [0.1, 0.15) is 50.0 Å². The molecular formula is C18H27FN2O3S. The van der Waals surface area contributed by atoms with Gasteiger partial charge in [0.1, 0.15) is 5.82 Å². The van der Waals surface area contributed by atoms with Crippen molar-refractivity contribution in [1.29, 1.82) is 0 Å². The van der Waals surface area contributed by atoms with Crippen LogP contribution in [0, 0.1) is 11.7 Å². The molecule has 140 valence electrons. The van der Waals surface area contributed by atoms with E-state index in [9.17, 15) is 17.6 Å². The number of halogens is 1. The molecule has 1 atom stereocenters. The molecule has 2 rings (SSSR count). The zero-order chi connectivity index (χ0) is 18.3. The highest BCUT2D eigenvalue weighted by Gasteiger charge is 2.27. The van der Waals surface area contributed by atoms with Gasteiger partial charge in [-0.25, -0.2) is 17.5 Å². The maximum Gasteiger partial charge on any atom is 0.220 e. The van der Waals surface area contributed by atoms with Crippen molar-refractivity contribution >= 4 is 15.9 Å². The molecule has 1 aromatic rings. The van der Waals surface area contributed by atoms with E-state index in [-0.39, 0.29) is 29.9 Å². The van der Waals surface area contributed by atoms with Gasteiger partial charge in [0.05, 0.1) is 5.75 Å². The van der Waals surface area contributed by atoms with E-state index in [4.69, 9.17) is 0 Å². The van der Waals surface area contributed by atoms with Gasteiger partial charge in [0.2, 0.25) is 15.9 Å². The molecule has 0 bridgehead atoms. The second-order valence-corrected chi connectivity index (χ2v) is 8.68. The van der Waals surface area contributed by atoms with E-state index in [0.717, 1.165) is 31.2 Å². The number of nitrogens with one attached hydrogen (secondary N) is 2. The Bertz CT molecular complexity index is 655. The fourth-order valence-corrected chi connectivity index (χ4v) is 4.08. The highest BCUT2D eigenvalue weighted by molar-refractivity contribution is 7.89. The first-order valence-electron chi connectivity index (χ1n) is 8.84. The van der Waals surface area contributed by atoms with Gasteiger partial charge in [-0.05, 0) is 49.4 Å². The molecule has 5 nitrogen and oxygen atoms in total. The molecule has 25 heavy (non-hydrogen) atoms. The van der Waals surface area contributed by atoms with Crippen molar-refractivity contribution in [2.45, 2.75) is 44.4 Å². The molecule has 1 unspecified atom stereocenters. The van der Waals surface area contributed by atoms with Crippen molar-refractivity contribution in [3.63, 3.8) is 0 Å². The molecule has 0 spiro atoms. The van der Waals surface area contributed by atoms with Gasteiger partial charge < -0.3 is 5.32 Å². The third-order valence-electron chi connectivity index (χ3n) is 4.93. The van der Waals surface area contributed by atoms with Gasteiger partial charge in [0.15, 0.2) is 0 Å². The number of benzene rings is 1. The van der Waals surface area contributed by atoms with Crippen molar-refractivity contribution in [3.8, 4) is 0 Å². The van der Waals surface area contributed by atoms with Crippen molar-refractivity contribution in [2.75, 3.05) is 19.3 Å². The minimum absolute atomic E-state index is 0.0433. The summed E-state index contributed by atoms with van der Waals surface area (Å²) < 4.78 is 38.3. The van der Waals surface area contributed by atoms with E-state index in [2.05, 4.69) is 10.0 Å². The van der Waals surface area contributed by atoms with Crippen LogP contribution >= 0.6 is 0 Å². The average Bonchev–Trinajstić information content (AvgIpc) is 2.61. The highest BCUT2D eigenvalue weighted by Crippen LogP contribution is 2.38. The molecule has 2 N–H and O–H groups in total. The van der Waals surface area contributed by atoms with Crippen LogP contribution in [-0.2, 0) is 14.8 Å². The maximum absolute atomic E-state index is 13.2. The van der Waals surface area contributed by atoms with E-state index in [0.29, 0.717) is 12.3 Å². The number of carbonyl (C=O) groups excluding carboxylic acids is 1. The van der Waals surface area contributed by atoms with Gasteiger partial charge in [0, 0.05) is 13.0 Å². The monoisotopic (exact) mass is 370 g/mol. The van der Waals surface area contributed by atoms with Crippen LogP contribution in [0.25, 0.3) is 0 Å². The van der Waals surface area contributed by atoms with Gasteiger partial charge in [-0.15, -0.1) is 0 Å². The number of hydrogen-bond acceptors (Lipinski definition) is 3. The summed E-state index contributed by atoms with van der Waals surface area (Å²) in [4.78, 5) is 12.3. The SMILES string of the molecule is CNS(=O)(=O)CCNC(=O)CC(c1ccc(F)cc1)C1CCCCC1. The largest absolute Gasteiger partial charge is 0.355 e. The average molecular weight is 370 g/mol. The zero-order valence-electron chi connectivity index (χ0n) is 14.6. The van der Waals surface area contributed by atoms with Gasteiger partial charge in [-0.3, -0.25) is 4.79 Å². The van der Waals surface area contributed by atoms with E-state index < -0.39 is 10.0 Å². The van der Waals surface area contributed by atoms with E-state index in [1.165, 1.54) is 25.6 Å². The quantitative estimate of drug-likeness (QED) is 0.738. The minimum Gasteiger partial charge on any atom is -0.355 e. The number of rotatable bonds is 8. The number of carbonyl (C=O) groups is 1. The first-order valence-corrected chi connectivity index (χ1v) is 10.5. The topological polar surface area (TPSA) is 75.3 Å². The predicted molar refractivity (Wildman–Crippen MR) is 96.2 cm³/mol. The molecule has 0 aliphatic heterocycles. The van der Waals surface area contributed by atoms with Crippen molar-refractivity contribution in [3.05, 3.63) is 35.6 Å². The van der Waals surface area contributed by atoms with Gasteiger partial charge >= 0.3 is 0 Å². The Morgan fingerprint density at radius 1 is 1.20 bits per heavy atom. The van der Waals surface area contributed by atoms with Crippen LogP contribution in [0.15, 0.2) is 24.3 Å². The third kappa shape index (κ3) is 6.40. The highest BCUT2D eigenvalue weighted by atomic mass is 32.2. The molecule has 0 aromatic heterocycles. The third-order valence-corrected chi connectivity index (χ3v) is 6.29. The minimum atomic E-state index is -3.33. The number of sulfonamides is 1. The van der Waals surface area contributed by atoms with Crippen LogP contribution in [0.3, 0.4) is 0 Å². The zero-order valence-corrected chi connectivity index (χ0v) is 15.4. The van der Waals surface area contributed by atoms with Crippen LogP contribution in [0.5, 0.6) is 0 Å². The van der Waals surface area contributed by atoms with Gasteiger partial charge in [-0.1, -0.05) is 31.4 Å².